The van der Waals surface area contributed by atoms with Gasteiger partial charge in [0, 0.05) is 13.0 Å². The van der Waals surface area contributed by atoms with Crippen molar-refractivity contribution in [3.63, 3.8) is 0 Å². The Morgan fingerprint density at radius 2 is 2.20 bits per heavy atom. The van der Waals surface area contributed by atoms with Crippen molar-refractivity contribution in [1.29, 1.82) is 0 Å². The molecular weight excluding hydrogens is 128 g/mol. The van der Waals surface area contributed by atoms with Crippen LogP contribution >= 0.6 is 0 Å². The summed E-state index contributed by atoms with van der Waals surface area (Å²) in [5, 5.41) is 3.12. The SMILES string of the molecule is CCCCNCCC(N)=O. The molecule has 0 unspecified atom stereocenters. The average molecular weight is 144 g/mol. The molecule has 0 rings (SSSR count). The normalized spacial score (nSPS) is 9.70. The number of nitrogens with two attached hydrogens (primary N) is 1. The van der Waals surface area contributed by atoms with Crippen molar-refractivity contribution in [2.75, 3.05) is 13.1 Å². The quantitative estimate of drug-likeness (QED) is 0.525. The van der Waals surface area contributed by atoms with Crippen LogP contribution in [-0.4, -0.2) is 19.0 Å². The highest BCUT2D eigenvalue weighted by Crippen LogP contribution is 1.82. The Hall–Kier alpha value is -0.570. The third kappa shape index (κ3) is 7.43. The van der Waals surface area contributed by atoms with Crippen LogP contribution in [0.2, 0.25) is 0 Å². The Balaban J connectivity index is 2.84. The van der Waals surface area contributed by atoms with Crippen LogP contribution in [0.1, 0.15) is 26.2 Å². The van der Waals surface area contributed by atoms with Gasteiger partial charge >= 0.3 is 0 Å². The number of primary amides is 1. The maximum atomic E-state index is 10.2. The maximum Gasteiger partial charge on any atom is 0.218 e. The molecule has 1 amide bonds. The average Bonchev–Trinajstić information content (AvgIpc) is 1.87. The Bertz CT molecular complexity index is 93.6. The lowest BCUT2D eigenvalue weighted by Crippen LogP contribution is -2.22. The number of amides is 1. The van der Waals surface area contributed by atoms with Crippen molar-refractivity contribution < 1.29 is 4.79 Å². The van der Waals surface area contributed by atoms with Gasteiger partial charge in [0.1, 0.15) is 0 Å². The van der Waals surface area contributed by atoms with Gasteiger partial charge in [-0.05, 0) is 13.0 Å². The summed E-state index contributed by atoms with van der Waals surface area (Å²) < 4.78 is 0. The van der Waals surface area contributed by atoms with E-state index < -0.39 is 0 Å². The summed E-state index contributed by atoms with van der Waals surface area (Å²) in [7, 11) is 0. The minimum atomic E-state index is -0.232. The molecule has 0 aromatic heterocycles. The van der Waals surface area contributed by atoms with Crippen LogP contribution < -0.4 is 11.1 Å². The van der Waals surface area contributed by atoms with Gasteiger partial charge in [-0.1, -0.05) is 13.3 Å². The summed E-state index contributed by atoms with van der Waals surface area (Å²) in [6.07, 6.45) is 2.80. The van der Waals surface area contributed by atoms with Gasteiger partial charge in [0.25, 0.3) is 0 Å². The minimum Gasteiger partial charge on any atom is -0.370 e. The van der Waals surface area contributed by atoms with E-state index in [0.717, 1.165) is 13.1 Å². The van der Waals surface area contributed by atoms with E-state index in [4.69, 9.17) is 5.73 Å². The minimum absolute atomic E-state index is 0.232. The fraction of sp³-hybridized carbons (Fsp3) is 0.857. The molecule has 3 heteroatoms. The van der Waals surface area contributed by atoms with E-state index in [2.05, 4.69) is 12.2 Å². The molecule has 0 radical (unpaired) electrons. The van der Waals surface area contributed by atoms with Crippen LogP contribution in [-0.2, 0) is 4.79 Å². The lowest BCUT2D eigenvalue weighted by Gasteiger charge is -1.99. The lowest BCUT2D eigenvalue weighted by molar-refractivity contribution is -0.117. The molecule has 3 nitrogen and oxygen atoms in total. The van der Waals surface area contributed by atoms with Gasteiger partial charge < -0.3 is 11.1 Å². The summed E-state index contributed by atoms with van der Waals surface area (Å²) in [6.45, 7) is 3.84. The van der Waals surface area contributed by atoms with Gasteiger partial charge in [-0.25, -0.2) is 0 Å². The molecule has 0 bridgehead atoms. The molecule has 0 spiro atoms. The van der Waals surface area contributed by atoms with Gasteiger partial charge in [-0.2, -0.15) is 0 Å². The molecule has 0 fully saturated rings. The first-order valence-electron chi connectivity index (χ1n) is 3.76. The highest BCUT2D eigenvalue weighted by atomic mass is 16.1. The summed E-state index contributed by atoms with van der Waals surface area (Å²) in [5.41, 5.74) is 4.93. The Morgan fingerprint density at radius 3 is 2.70 bits per heavy atom. The number of nitrogens with one attached hydrogen (secondary N) is 1. The standard InChI is InChI=1S/C7H16N2O/c1-2-3-5-9-6-4-7(8)10/h9H,2-6H2,1H3,(H2,8,10). The Kier molecular flexibility index (Phi) is 6.18. The smallest absolute Gasteiger partial charge is 0.218 e. The van der Waals surface area contributed by atoms with Gasteiger partial charge in [0.15, 0.2) is 0 Å². The zero-order chi connectivity index (χ0) is 7.82. The van der Waals surface area contributed by atoms with E-state index in [1.54, 1.807) is 0 Å². The first-order valence-corrected chi connectivity index (χ1v) is 3.76. The first kappa shape index (κ1) is 9.43. The third-order valence-corrected chi connectivity index (χ3v) is 1.26. The topological polar surface area (TPSA) is 55.1 Å². The van der Waals surface area contributed by atoms with Crippen LogP contribution in [0, 0.1) is 0 Å². The van der Waals surface area contributed by atoms with Crippen molar-refractivity contribution in [3.05, 3.63) is 0 Å². The number of carbonyl (C=O) groups is 1. The number of unbranched alkanes of at least 4 members (excludes halogenated alkanes) is 1. The molecule has 0 aliphatic carbocycles. The molecule has 0 atom stereocenters. The van der Waals surface area contributed by atoms with Crippen molar-refractivity contribution in [3.8, 4) is 0 Å². The highest BCUT2D eigenvalue weighted by Gasteiger charge is 1.91. The first-order chi connectivity index (χ1) is 4.77. The van der Waals surface area contributed by atoms with E-state index in [0.29, 0.717) is 6.42 Å². The number of rotatable bonds is 6. The molecule has 60 valence electrons. The van der Waals surface area contributed by atoms with Crippen LogP contribution in [0.15, 0.2) is 0 Å². The zero-order valence-corrected chi connectivity index (χ0v) is 6.52. The monoisotopic (exact) mass is 144 g/mol. The molecule has 0 aromatic rings. The number of hydrogen-bond donors (Lipinski definition) is 2. The van der Waals surface area contributed by atoms with Crippen LogP contribution in [0.25, 0.3) is 0 Å². The maximum absolute atomic E-state index is 10.2. The Morgan fingerprint density at radius 1 is 1.50 bits per heavy atom. The molecule has 0 aliphatic heterocycles. The largest absolute Gasteiger partial charge is 0.370 e. The summed E-state index contributed by atoms with van der Waals surface area (Å²) in [5.74, 6) is -0.232. The molecular formula is C7H16N2O. The second-order valence-corrected chi connectivity index (χ2v) is 2.32. The molecule has 0 saturated heterocycles. The van der Waals surface area contributed by atoms with E-state index in [1.807, 2.05) is 0 Å². The molecule has 10 heavy (non-hydrogen) atoms. The molecule has 3 N–H and O–H groups in total. The predicted octanol–water partition coefficient (Wildman–Crippen LogP) is 0.251. The van der Waals surface area contributed by atoms with E-state index in [-0.39, 0.29) is 5.91 Å². The predicted molar refractivity (Wildman–Crippen MR) is 41.6 cm³/mol. The second kappa shape index (κ2) is 6.55. The van der Waals surface area contributed by atoms with Crippen LogP contribution in [0.3, 0.4) is 0 Å². The number of hydrogen-bond acceptors (Lipinski definition) is 2. The van der Waals surface area contributed by atoms with Crippen molar-refractivity contribution >= 4 is 5.91 Å². The van der Waals surface area contributed by atoms with Gasteiger partial charge in [0.05, 0.1) is 0 Å². The zero-order valence-electron chi connectivity index (χ0n) is 6.52. The fourth-order valence-corrected chi connectivity index (χ4v) is 0.638. The van der Waals surface area contributed by atoms with Crippen LogP contribution in [0.5, 0.6) is 0 Å². The van der Waals surface area contributed by atoms with Gasteiger partial charge in [-0.3, -0.25) is 4.79 Å². The summed E-state index contributed by atoms with van der Waals surface area (Å²) in [6, 6.07) is 0. The Labute approximate surface area is 62.0 Å². The van der Waals surface area contributed by atoms with Crippen molar-refractivity contribution in [2.45, 2.75) is 26.2 Å². The highest BCUT2D eigenvalue weighted by molar-refractivity contribution is 5.73. The van der Waals surface area contributed by atoms with Crippen LogP contribution in [0.4, 0.5) is 0 Å². The van der Waals surface area contributed by atoms with E-state index in [9.17, 15) is 4.79 Å². The molecule has 0 aliphatic rings. The van der Waals surface area contributed by atoms with Gasteiger partial charge in [0.2, 0.25) is 5.91 Å². The number of carbonyl (C=O) groups excluding carboxylic acids is 1. The summed E-state index contributed by atoms with van der Waals surface area (Å²) in [4.78, 5) is 10.2. The molecule has 0 aromatic carbocycles. The molecule has 0 saturated carbocycles. The van der Waals surface area contributed by atoms with Crippen molar-refractivity contribution in [1.82, 2.24) is 5.32 Å². The lowest BCUT2D eigenvalue weighted by atomic mass is 10.3. The van der Waals surface area contributed by atoms with Gasteiger partial charge in [-0.15, -0.1) is 0 Å². The van der Waals surface area contributed by atoms with E-state index in [1.165, 1.54) is 12.8 Å². The fourth-order valence-electron chi connectivity index (χ4n) is 0.638. The van der Waals surface area contributed by atoms with E-state index >= 15 is 0 Å². The molecule has 0 heterocycles. The summed E-state index contributed by atoms with van der Waals surface area (Å²) >= 11 is 0. The third-order valence-electron chi connectivity index (χ3n) is 1.26. The van der Waals surface area contributed by atoms with Crippen molar-refractivity contribution in [2.24, 2.45) is 5.73 Å². The second-order valence-electron chi connectivity index (χ2n) is 2.32.